The van der Waals surface area contributed by atoms with Crippen LogP contribution in [0.25, 0.3) is 0 Å². The Labute approximate surface area is 500 Å². The fourth-order valence-corrected chi connectivity index (χ4v) is 9.16. The van der Waals surface area contributed by atoms with Crippen LogP contribution in [0.1, 0.15) is 303 Å². The van der Waals surface area contributed by atoms with Crippen LogP contribution in [-0.4, -0.2) is 37.2 Å². The van der Waals surface area contributed by atoms with Crippen LogP contribution < -0.4 is 0 Å². The van der Waals surface area contributed by atoms with Crippen molar-refractivity contribution in [2.24, 2.45) is 0 Å². The van der Waals surface area contributed by atoms with Crippen molar-refractivity contribution in [3.8, 4) is 0 Å². The van der Waals surface area contributed by atoms with E-state index in [1.54, 1.807) is 0 Å². The Hall–Kier alpha value is -4.45. The Bertz CT molecular complexity index is 1720. The van der Waals surface area contributed by atoms with Gasteiger partial charge in [-0.3, -0.25) is 14.4 Å². The van der Waals surface area contributed by atoms with Gasteiger partial charge in [-0.2, -0.15) is 0 Å². The van der Waals surface area contributed by atoms with E-state index in [0.717, 1.165) is 103 Å². The second kappa shape index (κ2) is 68.1. The molecule has 6 heteroatoms. The van der Waals surface area contributed by atoms with E-state index in [1.165, 1.54) is 154 Å². The molecule has 0 saturated carbocycles. The summed E-state index contributed by atoms with van der Waals surface area (Å²) >= 11 is 0. The molecule has 0 saturated heterocycles. The second-order valence-corrected chi connectivity index (χ2v) is 22.0. The Morgan fingerprint density at radius 2 is 0.506 bits per heavy atom. The molecule has 1 unspecified atom stereocenters. The van der Waals surface area contributed by atoms with E-state index in [-0.39, 0.29) is 37.5 Å². The van der Waals surface area contributed by atoms with Crippen molar-refractivity contribution in [3.05, 3.63) is 134 Å². The van der Waals surface area contributed by atoms with Gasteiger partial charge in [0.15, 0.2) is 6.10 Å². The van der Waals surface area contributed by atoms with Crippen LogP contribution >= 0.6 is 0 Å². The normalized spacial score (nSPS) is 13.0. The van der Waals surface area contributed by atoms with E-state index in [4.69, 9.17) is 14.2 Å². The van der Waals surface area contributed by atoms with Gasteiger partial charge in [0.25, 0.3) is 0 Å². The molecule has 0 aromatic rings. The zero-order valence-corrected chi connectivity index (χ0v) is 52.8. The molecule has 0 fully saturated rings. The summed E-state index contributed by atoms with van der Waals surface area (Å²) in [7, 11) is 0. The van der Waals surface area contributed by atoms with Crippen molar-refractivity contribution in [1.29, 1.82) is 0 Å². The van der Waals surface area contributed by atoms with E-state index < -0.39 is 6.10 Å². The fourth-order valence-electron chi connectivity index (χ4n) is 9.16. The van der Waals surface area contributed by atoms with Gasteiger partial charge in [-0.15, -0.1) is 0 Å². The summed E-state index contributed by atoms with van der Waals surface area (Å²) in [5.74, 6) is -0.989. The van der Waals surface area contributed by atoms with Gasteiger partial charge in [0.05, 0.1) is 0 Å². The first-order valence-electron chi connectivity index (χ1n) is 33.7. The molecule has 0 heterocycles. The van der Waals surface area contributed by atoms with E-state index >= 15 is 0 Å². The first-order valence-corrected chi connectivity index (χ1v) is 33.7. The van der Waals surface area contributed by atoms with Crippen molar-refractivity contribution < 1.29 is 28.6 Å². The molecule has 0 radical (unpaired) electrons. The number of hydrogen-bond acceptors (Lipinski definition) is 6. The summed E-state index contributed by atoms with van der Waals surface area (Å²) in [5, 5.41) is 0. The number of carbonyl (C=O) groups is 3. The van der Waals surface area contributed by atoms with Crippen LogP contribution in [0, 0.1) is 0 Å². The summed E-state index contributed by atoms with van der Waals surface area (Å²) in [6.45, 7) is 6.35. The Morgan fingerprint density at radius 1 is 0.259 bits per heavy atom. The van der Waals surface area contributed by atoms with Gasteiger partial charge in [0, 0.05) is 19.3 Å². The molecule has 0 aromatic carbocycles. The van der Waals surface area contributed by atoms with Crippen LogP contribution in [0.5, 0.6) is 0 Å². The van der Waals surface area contributed by atoms with E-state index in [0.29, 0.717) is 19.3 Å². The van der Waals surface area contributed by atoms with Crippen LogP contribution in [0.2, 0.25) is 0 Å². The quantitative estimate of drug-likeness (QED) is 0.0261. The average molecular weight is 1120 g/mol. The van der Waals surface area contributed by atoms with Gasteiger partial charge < -0.3 is 14.2 Å². The van der Waals surface area contributed by atoms with Crippen LogP contribution in [0.4, 0.5) is 0 Å². The molecule has 0 aliphatic rings. The summed E-state index contributed by atoms with van der Waals surface area (Å²) in [6.07, 6.45) is 96.3. The molecule has 81 heavy (non-hydrogen) atoms. The monoisotopic (exact) mass is 1120 g/mol. The summed E-state index contributed by atoms with van der Waals surface area (Å²) in [4.78, 5) is 38.3. The van der Waals surface area contributed by atoms with Gasteiger partial charge >= 0.3 is 17.9 Å². The van der Waals surface area contributed by atoms with Gasteiger partial charge in [0.2, 0.25) is 0 Å². The Morgan fingerprint density at radius 3 is 0.827 bits per heavy atom. The minimum atomic E-state index is -0.815. The lowest BCUT2D eigenvalue weighted by Gasteiger charge is -2.18. The largest absolute Gasteiger partial charge is 0.462 e. The van der Waals surface area contributed by atoms with Crippen molar-refractivity contribution in [1.82, 2.24) is 0 Å². The van der Waals surface area contributed by atoms with Gasteiger partial charge in [-0.1, -0.05) is 296 Å². The minimum absolute atomic E-state index is 0.104. The highest BCUT2D eigenvalue weighted by Gasteiger charge is 2.19. The number of hydrogen-bond donors (Lipinski definition) is 0. The first-order chi connectivity index (χ1) is 40.0. The second-order valence-electron chi connectivity index (χ2n) is 22.0. The zero-order chi connectivity index (χ0) is 58.5. The van der Waals surface area contributed by atoms with Gasteiger partial charge in [-0.25, -0.2) is 0 Å². The number of carbonyl (C=O) groups excluding carboxylic acids is 3. The molecular formula is C75H124O6. The van der Waals surface area contributed by atoms with Crippen molar-refractivity contribution >= 4 is 17.9 Å². The number of esters is 3. The molecule has 1 atom stereocenters. The third-order valence-electron chi connectivity index (χ3n) is 14.1. The molecule has 0 bridgehead atoms. The van der Waals surface area contributed by atoms with Crippen molar-refractivity contribution in [2.75, 3.05) is 13.2 Å². The molecule has 0 amide bonds. The maximum atomic E-state index is 12.9. The average Bonchev–Trinajstić information content (AvgIpc) is 3.46. The smallest absolute Gasteiger partial charge is 0.306 e. The molecule has 0 aliphatic heterocycles. The highest BCUT2D eigenvalue weighted by molar-refractivity contribution is 5.71. The maximum Gasteiger partial charge on any atom is 0.306 e. The standard InChI is InChI=1S/C75H124O6/c1-4-7-10-13-16-19-22-25-27-29-31-33-34-35-36-37-38-39-40-42-43-45-47-50-53-56-59-62-65-68-74(77)80-71-72(70-79-73(76)67-64-61-58-55-52-49-24-21-18-15-12-9-6-3)81-75(78)69-66-63-60-57-54-51-48-46-44-41-32-30-28-26-23-20-17-14-11-8-5-2/h7,9-10,12,16,18-19,21,23,25-27,30-33,35-36,49,52,58,61,72H,4-6,8,11,13-15,17,20,22,24,28-29,34,37-48,50-51,53-57,59-60,62-71H2,1-3H3/b10-7-,12-9-,19-16-,21-18-,26-23-,27-25-,32-30-,33-31-,36-35-,52-49-,61-58-. The topological polar surface area (TPSA) is 78.9 Å². The third-order valence-corrected chi connectivity index (χ3v) is 14.1. The molecule has 0 aliphatic carbocycles. The van der Waals surface area contributed by atoms with Crippen LogP contribution in [0.3, 0.4) is 0 Å². The first kappa shape index (κ1) is 76.5. The predicted octanol–water partition coefficient (Wildman–Crippen LogP) is 23.3. The minimum Gasteiger partial charge on any atom is -0.462 e. The molecular weight excluding hydrogens is 997 g/mol. The Kier molecular flexibility index (Phi) is 64.3. The predicted molar refractivity (Wildman–Crippen MR) is 353 cm³/mol. The number of allylic oxidation sites excluding steroid dienone is 22. The Balaban J connectivity index is 4.32. The molecule has 0 rings (SSSR count). The van der Waals surface area contributed by atoms with E-state index in [9.17, 15) is 14.4 Å². The molecule has 6 nitrogen and oxygen atoms in total. The highest BCUT2D eigenvalue weighted by Crippen LogP contribution is 2.16. The van der Waals surface area contributed by atoms with Crippen molar-refractivity contribution in [3.63, 3.8) is 0 Å². The highest BCUT2D eigenvalue weighted by atomic mass is 16.6. The number of ether oxygens (including phenoxy) is 3. The van der Waals surface area contributed by atoms with Crippen LogP contribution in [0.15, 0.2) is 134 Å². The van der Waals surface area contributed by atoms with Crippen LogP contribution in [-0.2, 0) is 28.6 Å². The SMILES string of the molecule is CC/C=C\C/C=C\C/C=C\C/C=C\C/C=C\CCCCCCCCCCCCCCCC(=O)OCC(COC(=O)CC/C=C\C/C=C\C/C=C\C/C=C\CC)OC(=O)CCCCCCCCCCC/C=C\C/C=C\CCCCCCC. The van der Waals surface area contributed by atoms with Gasteiger partial charge in [-0.05, 0) is 122 Å². The number of rotatable bonds is 60. The molecule has 0 aromatic heterocycles. The fraction of sp³-hybridized carbons (Fsp3) is 0.667. The maximum absolute atomic E-state index is 12.9. The summed E-state index contributed by atoms with van der Waals surface area (Å²) < 4.78 is 16.9. The van der Waals surface area contributed by atoms with E-state index in [2.05, 4.69) is 148 Å². The lowest BCUT2D eigenvalue weighted by atomic mass is 10.0. The lowest BCUT2D eigenvalue weighted by Crippen LogP contribution is -2.30. The molecule has 0 spiro atoms. The van der Waals surface area contributed by atoms with Crippen molar-refractivity contribution in [2.45, 2.75) is 309 Å². The molecule has 460 valence electrons. The zero-order valence-electron chi connectivity index (χ0n) is 52.8. The third kappa shape index (κ3) is 66.2. The number of unbranched alkanes of at least 4 members (excludes halogenated alkanes) is 27. The molecule has 0 N–H and O–H groups in total. The summed E-state index contributed by atoms with van der Waals surface area (Å²) in [6, 6.07) is 0. The van der Waals surface area contributed by atoms with E-state index in [1.807, 2.05) is 6.08 Å². The van der Waals surface area contributed by atoms with Gasteiger partial charge in [0.1, 0.15) is 13.2 Å². The lowest BCUT2D eigenvalue weighted by molar-refractivity contribution is -0.166. The summed E-state index contributed by atoms with van der Waals surface area (Å²) in [5.41, 5.74) is 0.